The molecular weight excluding hydrogens is 322 g/mol. The second-order valence-electron chi connectivity index (χ2n) is 5.54. The summed E-state index contributed by atoms with van der Waals surface area (Å²) in [5.74, 6) is 0.738. The highest BCUT2D eigenvalue weighted by atomic mass is 32.2. The number of ether oxygens (including phenoxy) is 1. The predicted octanol–water partition coefficient (Wildman–Crippen LogP) is 3.96. The molecule has 1 N–H and O–H groups in total. The van der Waals surface area contributed by atoms with Gasteiger partial charge in [-0.25, -0.2) is 4.79 Å². The molecule has 0 atom stereocenters. The minimum Gasteiger partial charge on any atom is -0.465 e. The van der Waals surface area contributed by atoms with Crippen LogP contribution in [0.5, 0.6) is 0 Å². The first-order valence-corrected chi connectivity index (χ1v) is 8.77. The summed E-state index contributed by atoms with van der Waals surface area (Å²) in [5.41, 5.74) is 4.85. The Morgan fingerprint density at radius 2 is 1.79 bits per heavy atom. The number of hydrogen-bond acceptors (Lipinski definition) is 4. The molecule has 0 unspecified atom stereocenters. The van der Waals surface area contributed by atoms with Crippen LogP contribution in [-0.4, -0.2) is 24.7 Å². The molecule has 0 aliphatic carbocycles. The Morgan fingerprint density at radius 3 is 2.46 bits per heavy atom. The lowest BCUT2D eigenvalue weighted by atomic mass is 10.1. The molecule has 5 heteroatoms. The molecule has 0 fully saturated rings. The quantitative estimate of drug-likeness (QED) is 0.807. The van der Waals surface area contributed by atoms with Gasteiger partial charge in [0.15, 0.2) is 0 Å². The summed E-state index contributed by atoms with van der Waals surface area (Å²) < 4.78 is 4.64. The predicted molar refractivity (Wildman–Crippen MR) is 98.5 cm³/mol. The molecule has 0 aliphatic heterocycles. The fourth-order valence-corrected chi connectivity index (χ4v) is 3.10. The lowest BCUT2D eigenvalue weighted by molar-refractivity contribution is -0.113. The Hall–Kier alpha value is -2.27. The van der Waals surface area contributed by atoms with Crippen molar-refractivity contribution >= 4 is 29.3 Å². The Morgan fingerprint density at radius 1 is 1.08 bits per heavy atom. The summed E-state index contributed by atoms with van der Waals surface area (Å²) >= 11 is 1.58. The summed E-state index contributed by atoms with van der Waals surface area (Å²) in [6.45, 7) is 4.15. The van der Waals surface area contributed by atoms with Crippen molar-refractivity contribution in [2.75, 3.05) is 18.2 Å². The molecule has 0 saturated heterocycles. The summed E-state index contributed by atoms with van der Waals surface area (Å²) in [7, 11) is 1.34. The molecule has 0 radical (unpaired) electrons. The minimum absolute atomic E-state index is 0.0591. The lowest BCUT2D eigenvalue weighted by Gasteiger charge is -2.08. The van der Waals surface area contributed by atoms with Crippen molar-refractivity contribution in [1.82, 2.24) is 0 Å². The number of anilines is 1. The van der Waals surface area contributed by atoms with Gasteiger partial charge < -0.3 is 10.1 Å². The smallest absolute Gasteiger partial charge is 0.337 e. The van der Waals surface area contributed by atoms with Crippen molar-refractivity contribution in [1.29, 1.82) is 0 Å². The lowest BCUT2D eigenvalue weighted by Crippen LogP contribution is -2.14. The van der Waals surface area contributed by atoms with E-state index in [-0.39, 0.29) is 5.91 Å². The fourth-order valence-electron chi connectivity index (χ4n) is 2.21. The number of carbonyl (C=O) groups excluding carboxylic acids is 2. The molecule has 2 rings (SSSR count). The van der Waals surface area contributed by atoms with Gasteiger partial charge in [-0.3, -0.25) is 4.79 Å². The summed E-state index contributed by atoms with van der Waals surface area (Å²) in [6, 6.07) is 13.0. The van der Waals surface area contributed by atoms with Crippen LogP contribution in [-0.2, 0) is 15.3 Å². The first-order valence-electron chi connectivity index (χ1n) is 7.61. The molecule has 4 nitrogen and oxygen atoms in total. The molecule has 1 amide bonds. The second kappa shape index (κ2) is 8.55. The highest BCUT2D eigenvalue weighted by Crippen LogP contribution is 2.18. The van der Waals surface area contributed by atoms with Crippen LogP contribution in [0.2, 0.25) is 0 Å². The zero-order valence-corrected chi connectivity index (χ0v) is 14.9. The van der Waals surface area contributed by atoms with E-state index in [1.54, 1.807) is 36.0 Å². The standard InChI is InChI=1S/C19H21NO3S/c1-13-4-5-14(2)16(10-13)11-24-12-18(21)20-17-8-6-15(7-9-17)19(22)23-3/h4-10H,11-12H2,1-3H3,(H,20,21). The Bertz CT molecular complexity index is 726. The van der Waals surface area contributed by atoms with E-state index in [9.17, 15) is 9.59 Å². The van der Waals surface area contributed by atoms with Crippen LogP contribution in [0.15, 0.2) is 42.5 Å². The number of benzene rings is 2. The van der Waals surface area contributed by atoms with Gasteiger partial charge in [0.2, 0.25) is 5.91 Å². The number of nitrogens with one attached hydrogen (secondary N) is 1. The fraction of sp³-hybridized carbons (Fsp3) is 0.263. The van der Waals surface area contributed by atoms with E-state index in [1.165, 1.54) is 23.8 Å². The Balaban J connectivity index is 1.83. The highest BCUT2D eigenvalue weighted by molar-refractivity contribution is 7.99. The third-order valence-corrected chi connectivity index (χ3v) is 4.57. The number of rotatable bonds is 6. The molecule has 0 spiro atoms. The van der Waals surface area contributed by atoms with E-state index in [4.69, 9.17) is 0 Å². The van der Waals surface area contributed by atoms with Gasteiger partial charge in [-0.1, -0.05) is 23.8 Å². The van der Waals surface area contributed by atoms with Crippen molar-refractivity contribution in [3.8, 4) is 0 Å². The number of amides is 1. The van der Waals surface area contributed by atoms with Crippen LogP contribution in [0.3, 0.4) is 0 Å². The first-order chi connectivity index (χ1) is 11.5. The second-order valence-corrected chi connectivity index (χ2v) is 6.53. The normalized spacial score (nSPS) is 10.3. The van der Waals surface area contributed by atoms with Gasteiger partial charge in [0.1, 0.15) is 0 Å². The third kappa shape index (κ3) is 5.13. The average Bonchev–Trinajstić information content (AvgIpc) is 2.58. The van der Waals surface area contributed by atoms with Crippen molar-refractivity contribution in [3.63, 3.8) is 0 Å². The molecule has 0 saturated carbocycles. The van der Waals surface area contributed by atoms with Crippen LogP contribution >= 0.6 is 11.8 Å². The topological polar surface area (TPSA) is 55.4 Å². The van der Waals surface area contributed by atoms with Crippen molar-refractivity contribution in [2.24, 2.45) is 0 Å². The van der Waals surface area contributed by atoms with E-state index in [0.717, 1.165) is 5.75 Å². The molecule has 0 aromatic heterocycles. The van der Waals surface area contributed by atoms with Gasteiger partial charge in [0.25, 0.3) is 0 Å². The van der Waals surface area contributed by atoms with Gasteiger partial charge in [-0.15, -0.1) is 11.8 Å². The zero-order chi connectivity index (χ0) is 17.5. The maximum absolute atomic E-state index is 12.0. The minimum atomic E-state index is -0.392. The number of thioether (sulfide) groups is 1. The van der Waals surface area contributed by atoms with Crippen LogP contribution in [0.1, 0.15) is 27.0 Å². The molecule has 2 aromatic carbocycles. The molecule has 126 valence electrons. The summed E-state index contributed by atoms with van der Waals surface area (Å²) in [4.78, 5) is 23.4. The van der Waals surface area contributed by atoms with Crippen molar-refractivity contribution in [3.05, 3.63) is 64.7 Å². The van der Waals surface area contributed by atoms with E-state index in [1.807, 2.05) is 0 Å². The summed E-state index contributed by atoms with van der Waals surface area (Å²) in [5, 5.41) is 2.83. The number of carbonyl (C=O) groups is 2. The van der Waals surface area contributed by atoms with E-state index in [2.05, 4.69) is 42.1 Å². The number of aryl methyl sites for hydroxylation is 2. The molecule has 24 heavy (non-hydrogen) atoms. The zero-order valence-electron chi connectivity index (χ0n) is 14.1. The SMILES string of the molecule is COC(=O)c1ccc(NC(=O)CSCc2cc(C)ccc2C)cc1. The largest absolute Gasteiger partial charge is 0.465 e. The average molecular weight is 343 g/mol. The maximum atomic E-state index is 12.0. The van der Waals surface area contributed by atoms with E-state index >= 15 is 0 Å². The maximum Gasteiger partial charge on any atom is 0.337 e. The molecular formula is C19H21NO3S. The van der Waals surface area contributed by atoms with E-state index in [0.29, 0.717) is 17.0 Å². The monoisotopic (exact) mass is 343 g/mol. The number of hydrogen-bond donors (Lipinski definition) is 1. The first kappa shape index (κ1) is 18.1. The molecule has 0 heterocycles. The number of esters is 1. The number of methoxy groups -OCH3 is 1. The molecule has 0 bridgehead atoms. The van der Waals surface area contributed by atoms with E-state index < -0.39 is 5.97 Å². The third-order valence-electron chi connectivity index (χ3n) is 3.59. The van der Waals surface area contributed by atoms with Gasteiger partial charge in [-0.2, -0.15) is 0 Å². The van der Waals surface area contributed by atoms with Crippen LogP contribution < -0.4 is 5.32 Å². The van der Waals surface area contributed by atoms with Gasteiger partial charge in [-0.05, 0) is 49.2 Å². The van der Waals surface area contributed by atoms with Crippen LogP contribution in [0.4, 0.5) is 5.69 Å². The van der Waals surface area contributed by atoms with Gasteiger partial charge >= 0.3 is 5.97 Å². The Labute approximate surface area is 146 Å². The highest BCUT2D eigenvalue weighted by Gasteiger charge is 2.07. The van der Waals surface area contributed by atoms with Crippen LogP contribution in [0, 0.1) is 13.8 Å². The van der Waals surface area contributed by atoms with Crippen molar-refractivity contribution < 1.29 is 14.3 Å². The van der Waals surface area contributed by atoms with Crippen molar-refractivity contribution in [2.45, 2.75) is 19.6 Å². The van der Waals surface area contributed by atoms with Crippen LogP contribution in [0.25, 0.3) is 0 Å². The van der Waals surface area contributed by atoms with Gasteiger partial charge in [0.05, 0.1) is 18.4 Å². The summed E-state index contributed by atoms with van der Waals surface area (Å²) in [6.07, 6.45) is 0. The molecule has 0 aliphatic rings. The van der Waals surface area contributed by atoms with Gasteiger partial charge in [0, 0.05) is 11.4 Å². The molecule has 2 aromatic rings. The Kier molecular flexibility index (Phi) is 6.44.